The van der Waals surface area contributed by atoms with E-state index in [0.717, 1.165) is 30.6 Å². The summed E-state index contributed by atoms with van der Waals surface area (Å²) in [6.45, 7) is 2.88. The molecule has 2 aliphatic heterocycles. The number of fused-ring (bicyclic) bond motifs is 1. The Morgan fingerprint density at radius 1 is 1.00 bits per heavy atom. The molecule has 2 aliphatic rings. The van der Waals surface area contributed by atoms with Gasteiger partial charge in [-0.2, -0.15) is 0 Å². The molecule has 0 aliphatic carbocycles. The lowest BCUT2D eigenvalue weighted by Crippen LogP contribution is -2.41. The Labute approximate surface area is 158 Å². The molecule has 1 saturated heterocycles. The van der Waals surface area contributed by atoms with Crippen LogP contribution in [0.1, 0.15) is 59.7 Å². The van der Waals surface area contributed by atoms with E-state index in [-0.39, 0.29) is 18.9 Å². The number of likely N-dealkylation sites (tertiary alicyclic amines) is 1. The first-order chi connectivity index (χ1) is 13.0. The zero-order chi connectivity index (χ0) is 19.4. The lowest BCUT2D eigenvalue weighted by atomic mass is 10.1. The average Bonchev–Trinajstić information content (AvgIpc) is 2.86. The molecule has 1 aromatic carbocycles. The molecule has 0 bridgehead atoms. The summed E-state index contributed by atoms with van der Waals surface area (Å²) in [5.74, 6) is -1.60. The number of carbonyl (C=O) groups excluding carboxylic acids is 4. The number of carbonyl (C=O) groups is 4. The number of imide groups is 1. The van der Waals surface area contributed by atoms with Gasteiger partial charge in [0.15, 0.2) is 6.10 Å². The first kappa shape index (κ1) is 19.1. The number of esters is 1. The Hall–Kier alpha value is -2.70. The predicted octanol–water partition coefficient (Wildman–Crippen LogP) is 2.01. The molecular weight excluding hydrogens is 348 g/mol. The smallest absolute Gasteiger partial charge is 0.308 e. The van der Waals surface area contributed by atoms with Gasteiger partial charge in [0.25, 0.3) is 17.7 Å². The van der Waals surface area contributed by atoms with Crippen molar-refractivity contribution in [2.75, 3.05) is 19.6 Å². The molecule has 0 radical (unpaired) electrons. The predicted molar refractivity (Wildman–Crippen MR) is 97.0 cm³/mol. The van der Waals surface area contributed by atoms with Crippen LogP contribution in [0.3, 0.4) is 0 Å². The molecule has 3 rings (SSSR count). The SMILES string of the molecule is C[C@@H](OC(=O)CCN1C(=O)c2ccccc2C1=O)C(=O)N1CCCCCC1. The van der Waals surface area contributed by atoms with E-state index in [1.165, 1.54) is 0 Å². The van der Waals surface area contributed by atoms with Gasteiger partial charge >= 0.3 is 5.97 Å². The highest BCUT2D eigenvalue weighted by Crippen LogP contribution is 2.22. The van der Waals surface area contributed by atoms with Crippen LogP contribution in [-0.4, -0.2) is 59.2 Å². The van der Waals surface area contributed by atoms with E-state index < -0.39 is 23.9 Å². The molecule has 0 saturated carbocycles. The minimum absolute atomic E-state index is 0.0597. The van der Waals surface area contributed by atoms with E-state index in [9.17, 15) is 19.2 Å². The Morgan fingerprint density at radius 3 is 2.11 bits per heavy atom. The van der Waals surface area contributed by atoms with Gasteiger partial charge < -0.3 is 9.64 Å². The minimum atomic E-state index is -0.863. The maximum absolute atomic E-state index is 12.4. The van der Waals surface area contributed by atoms with Crippen molar-refractivity contribution >= 4 is 23.7 Å². The van der Waals surface area contributed by atoms with Crippen molar-refractivity contribution in [2.24, 2.45) is 0 Å². The number of hydrogen-bond acceptors (Lipinski definition) is 5. The maximum Gasteiger partial charge on any atom is 0.308 e. The van der Waals surface area contributed by atoms with E-state index in [4.69, 9.17) is 4.74 Å². The van der Waals surface area contributed by atoms with Crippen molar-refractivity contribution in [2.45, 2.75) is 45.1 Å². The molecule has 7 nitrogen and oxygen atoms in total. The van der Waals surface area contributed by atoms with Gasteiger partial charge in [0.1, 0.15) is 0 Å². The summed E-state index contributed by atoms with van der Waals surface area (Å²) >= 11 is 0. The zero-order valence-corrected chi connectivity index (χ0v) is 15.5. The third-order valence-corrected chi connectivity index (χ3v) is 4.99. The van der Waals surface area contributed by atoms with E-state index in [1.54, 1.807) is 36.1 Å². The summed E-state index contributed by atoms with van der Waals surface area (Å²) in [7, 11) is 0. The molecule has 0 N–H and O–H groups in total. The largest absolute Gasteiger partial charge is 0.452 e. The third kappa shape index (κ3) is 4.18. The van der Waals surface area contributed by atoms with Crippen molar-refractivity contribution in [1.82, 2.24) is 9.80 Å². The van der Waals surface area contributed by atoms with Crippen LogP contribution in [0.25, 0.3) is 0 Å². The van der Waals surface area contributed by atoms with Crippen molar-refractivity contribution in [3.05, 3.63) is 35.4 Å². The highest BCUT2D eigenvalue weighted by atomic mass is 16.5. The number of rotatable bonds is 5. The molecule has 2 heterocycles. The summed E-state index contributed by atoms with van der Waals surface area (Å²) in [6.07, 6.45) is 3.15. The van der Waals surface area contributed by atoms with E-state index in [2.05, 4.69) is 0 Å². The van der Waals surface area contributed by atoms with Gasteiger partial charge in [0.05, 0.1) is 17.5 Å². The lowest BCUT2D eigenvalue weighted by Gasteiger charge is -2.24. The van der Waals surface area contributed by atoms with Crippen LogP contribution in [0.15, 0.2) is 24.3 Å². The molecule has 1 atom stereocenters. The van der Waals surface area contributed by atoms with Crippen LogP contribution >= 0.6 is 0 Å². The highest BCUT2D eigenvalue weighted by molar-refractivity contribution is 6.21. The second kappa shape index (κ2) is 8.33. The fourth-order valence-corrected chi connectivity index (χ4v) is 3.50. The van der Waals surface area contributed by atoms with Crippen LogP contribution in [-0.2, 0) is 14.3 Å². The molecular formula is C20H24N2O5. The maximum atomic E-state index is 12.4. The minimum Gasteiger partial charge on any atom is -0.452 e. The van der Waals surface area contributed by atoms with Gasteiger partial charge in [-0.25, -0.2) is 0 Å². The molecule has 0 unspecified atom stereocenters. The molecule has 144 valence electrons. The molecule has 1 fully saturated rings. The molecule has 0 aromatic heterocycles. The monoisotopic (exact) mass is 372 g/mol. The van der Waals surface area contributed by atoms with Crippen molar-refractivity contribution in [3.63, 3.8) is 0 Å². The van der Waals surface area contributed by atoms with E-state index in [0.29, 0.717) is 24.2 Å². The number of amides is 3. The van der Waals surface area contributed by atoms with E-state index in [1.807, 2.05) is 0 Å². The van der Waals surface area contributed by atoms with Crippen LogP contribution in [0.4, 0.5) is 0 Å². The molecule has 3 amide bonds. The Morgan fingerprint density at radius 2 is 1.56 bits per heavy atom. The second-order valence-corrected chi connectivity index (χ2v) is 6.93. The molecule has 0 spiro atoms. The van der Waals surface area contributed by atoms with Crippen LogP contribution in [0.2, 0.25) is 0 Å². The fraction of sp³-hybridized carbons (Fsp3) is 0.500. The molecule has 27 heavy (non-hydrogen) atoms. The van der Waals surface area contributed by atoms with Crippen molar-refractivity contribution in [1.29, 1.82) is 0 Å². The number of benzene rings is 1. The van der Waals surface area contributed by atoms with Crippen LogP contribution < -0.4 is 0 Å². The summed E-state index contributed by atoms with van der Waals surface area (Å²) in [6, 6.07) is 6.57. The molecule has 1 aromatic rings. The third-order valence-electron chi connectivity index (χ3n) is 4.99. The topological polar surface area (TPSA) is 84.0 Å². The molecule has 7 heteroatoms. The van der Waals surface area contributed by atoms with Crippen molar-refractivity contribution < 1.29 is 23.9 Å². The fourth-order valence-electron chi connectivity index (χ4n) is 3.50. The van der Waals surface area contributed by atoms with Crippen LogP contribution in [0.5, 0.6) is 0 Å². The number of nitrogens with zero attached hydrogens (tertiary/aromatic N) is 2. The Kier molecular flexibility index (Phi) is 5.88. The summed E-state index contributed by atoms with van der Waals surface area (Å²) in [5, 5.41) is 0. The highest BCUT2D eigenvalue weighted by Gasteiger charge is 2.35. The quantitative estimate of drug-likeness (QED) is 0.583. The van der Waals surface area contributed by atoms with Gasteiger partial charge in [-0.3, -0.25) is 24.1 Å². The van der Waals surface area contributed by atoms with Crippen LogP contribution in [0, 0.1) is 0 Å². The normalized spacial score (nSPS) is 18.1. The summed E-state index contributed by atoms with van der Waals surface area (Å²) < 4.78 is 5.23. The average molecular weight is 372 g/mol. The number of ether oxygens (including phenoxy) is 1. The Balaban J connectivity index is 1.50. The van der Waals surface area contributed by atoms with Gasteiger partial charge in [0, 0.05) is 19.6 Å². The van der Waals surface area contributed by atoms with E-state index >= 15 is 0 Å². The first-order valence-electron chi connectivity index (χ1n) is 9.42. The summed E-state index contributed by atoms with van der Waals surface area (Å²) in [5.41, 5.74) is 0.696. The van der Waals surface area contributed by atoms with Gasteiger partial charge in [0.2, 0.25) is 0 Å². The number of hydrogen-bond donors (Lipinski definition) is 0. The second-order valence-electron chi connectivity index (χ2n) is 6.93. The standard InChI is InChI=1S/C20H24N2O5/c1-14(18(24)21-11-6-2-3-7-12-21)27-17(23)10-13-22-19(25)15-8-4-5-9-16(15)20(22)26/h4-5,8-9,14H,2-3,6-7,10-13H2,1H3/t14-/m1/s1. The van der Waals surface area contributed by atoms with Gasteiger partial charge in [-0.1, -0.05) is 25.0 Å². The Bertz CT molecular complexity index is 717. The van der Waals surface area contributed by atoms with Gasteiger partial charge in [-0.15, -0.1) is 0 Å². The zero-order valence-electron chi connectivity index (χ0n) is 15.5. The first-order valence-corrected chi connectivity index (χ1v) is 9.42. The lowest BCUT2D eigenvalue weighted by molar-refractivity contribution is -0.159. The van der Waals surface area contributed by atoms with Gasteiger partial charge in [-0.05, 0) is 31.9 Å². The summed E-state index contributed by atoms with van der Waals surface area (Å²) in [4.78, 5) is 51.9. The van der Waals surface area contributed by atoms with Crippen molar-refractivity contribution in [3.8, 4) is 0 Å².